The van der Waals surface area contributed by atoms with Gasteiger partial charge in [-0.1, -0.05) is 24.1 Å². The summed E-state index contributed by atoms with van der Waals surface area (Å²) in [5.41, 5.74) is 3.45. The minimum atomic E-state index is -3.54. The number of carbonyl (C=O) groups is 1. The molecule has 1 aromatic rings. The average molecular weight is 365 g/mol. The van der Waals surface area contributed by atoms with Gasteiger partial charge in [0, 0.05) is 6.04 Å². The first-order valence-corrected chi connectivity index (χ1v) is 10.8. The lowest BCUT2D eigenvalue weighted by Gasteiger charge is -2.28. The molecule has 0 saturated heterocycles. The van der Waals surface area contributed by atoms with Gasteiger partial charge in [0.1, 0.15) is 6.54 Å². The fraction of sp³-hybridized carbons (Fsp3) is 0.632. The zero-order valence-corrected chi connectivity index (χ0v) is 16.3. The SMILES string of the molecule is Cc1cc(C)c(N(CC(=O)NC2CC3CCC2C3)S(C)(=O)=O)c(C)c1. The number of rotatable bonds is 5. The maximum Gasteiger partial charge on any atom is 0.241 e. The number of anilines is 1. The molecule has 3 unspecified atom stereocenters. The van der Waals surface area contributed by atoms with Crippen LogP contribution in [-0.2, 0) is 14.8 Å². The van der Waals surface area contributed by atoms with Gasteiger partial charge in [0.05, 0.1) is 11.9 Å². The van der Waals surface area contributed by atoms with E-state index in [1.54, 1.807) is 0 Å². The van der Waals surface area contributed by atoms with Gasteiger partial charge in [-0.25, -0.2) is 8.42 Å². The molecule has 1 amide bonds. The van der Waals surface area contributed by atoms with Crippen molar-refractivity contribution in [2.24, 2.45) is 11.8 Å². The number of nitrogens with zero attached hydrogens (tertiary/aromatic N) is 1. The predicted octanol–water partition coefficient (Wildman–Crippen LogP) is 2.68. The summed E-state index contributed by atoms with van der Waals surface area (Å²) in [6.07, 6.45) is 5.86. The van der Waals surface area contributed by atoms with Crippen molar-refractivity contribution in [2.45, 2.75) is 52.5 Å². The lowest BCUT2D eigenvalue weighted by atomic mass is 9.95. The van der Waals surface area contributed by atoms with Gasteiger partial charge in [-0.05, 0) is 63.0 Å². The van der Waals surface area contributed by atoms with E-state index >= 15 is 0 Å². The Morgan fingerprint density at radius 3 is 2.28 bits per heavy atom. The molecule has 1 aromatic carbocycles. The number of carbonyl (C=O) groups excluding carboxylic acids is 1. The van der Waals surface area contributed by atoms with Crippen LogP contribution in [0.2, 0.25) is 0 Å². The van der Waals surface area contributed by atoms with Crippen LogP contribution in [0.25, 0.3) is 0 Å². The van der Waals surface area contributed by atoms with E-state index < -0.39 is 10.0 Å². The molecule has 2 saturated carbocycles. The Morgan fingerprint density at radius 2 is 1.80 bits per heavy atom. The number of hydrogen-bond acceptors (Lipinski definition) is 3. The summed E-state index contributed by atoms with van der Waals surface area (Å²) in [5, 5.41) is 3.09. The van der Waals surface area contributed by atoms with Crippen LogP contribution < -0.4 is 9.62 Å². The maximum atomic E-state index is 12.6. The van der Waals surface area contributed by atoms with Crippen molar-refractivity contribution in [3.05, 3.63) is 28.8 Å². The summed E-state index contributed by atoms with van der Waals surface area (Å²) in [6, 6.07) is 4.12. The summed E-state index contributed by atoms with van der Waals surface area (Å²) in [5.74, 6) is 1.11. The smallest absolute Gasteiger partial charge is 0.241 e. The van der Waals surface area contributed by atoms with Crippen molar-refractivity contribution in [1.29, 1.82) is 0 Å². The van der Waals surface area contributed by atoms with Crippen LogP contribution in [0.1, 0.15) is 42.4 Å². The van der Waals surface area contributed by atoms with Gasteiger partial charge < -0.3 is 5.32 Å². The first-order chi connectivity index (χ1) is 11.6. The van der Waals surface area contributed by atoms with Crippen LogP contribution in [0, 0.1) is 32.6 Å². The third-order valence-corrected chi connectivity index (χ3v) is 6.77. The van der Waals surface area contributed by atoms with Crippen LogP contribution in [0.15, 0.2) is 12.1 Å². The van der Waals surface area contributed by atoms with E-state index in [-0.39, 0.29) is 18.5 Å². The monoisotopic (exact) mass is 364 g/mol. The molecule has 0 spiro atoms. The maximum absolute atomic E-state index is 12.6. The molecule has 3 rings (SSSR count). The minimum Gasteiger partial charge on any atom is -0.352 e. The Kier molecular flexibility index (Phi) is 4.84. The quantitative estimate of drug-likeness (QED) is 0.873. The van der Waals surface area contributed by atoms with Crippen molar-refractivity contribution in [2.75, 3.05) is 17.1 Å². The lowest BCUT2D eigenvalue weighted by molar-refractivity contribution is -0.120. The van der Waals surface area contributed by atoms with Crippen molar-refractivity contribution in [3.8, 4) is 0 Å². The number of amides is 1. The average Bonchev–Trinajstić information content (AvgIpc) is 3.06. The van der Waals surface area contributed by atoms with Gasteiger partial charge in [-0.15, -0.1) is 0 Å². The Bertz CT molecular complexity index is 765. The lowest BCUT2D eigenvalue weighted by Crippen LogP contribution is -2.46. The summed E-state index contributed by atoms with van der Waals surface area (Å²) in [6.45, 7) is 5.61. The summed E-state index contributed by atoms with van der Waals surface area (Å²) < 4.78 is 26.0. The van der Waals surface area contributed by atoms with E-state index in [9.17, 15) is 13.2 Å². The molecule has 0 aliphatic heterocycles. The van der Waals surface area contributed by atoms with E-state index in [1.165, 1.54) is 23.6 Å². The normalized spacial score (nSPS) is 25.2. The molecule has 138 valence electrons. The van der Waals surface area contributed by atoms with E-state index in [2.05, 4.69) is 5.32 Å². The third kappa shape index (κ3) is 3.84. The highest BCUT2D eigenvalue weighted by atomic mass is 32.2. The molecule has 0 radical (unpaired) electrons. The molecular weight excluding hydrogens is 336 g/mol. The molecule has 6 heteroatoms. The molecule has 2 aliphatic rings. The van der Waals surface area contributed by atoms with Gasteiger partial charge >= 0.3 is 0 Å². The van der Waals surface area contributed by atoms with Crippen molar-refractivity contribution < 1.29 is 13.2 Å². The highest BCUT2D eigenvalue weighted by Crippen LogP contribution is 2.44. The van der Waals surface area contributed by atoms with Gasteiger partial charge in [-0.3, -0.25) is 9.10 Å². The molecule has 2 aliphatic carbocycles. The molecule has 0 heterocycles. The van der Waals surface area contributed by atoms with Gasteiger partial charge in [0.15, 0.2) is 0 Å². The summed E-state index contributed by atoms with van der Waals surface area (Å²) >= 11 is 0. The number of fused-ring (bicyclic) bond motifs is 2. The number of sulfonamides is 1. The Labute approximate surface area is 150 Å². The molecule has 5 nitrogen and oxygen atoms in total. The zero-order chi connectivity index (χ0) is 18.4. The molecule has 1 N–H and O–H groups in total. The molecule has 3 atom stereocenters. The third-order valence-electron chi connectivity index (χ3n) is 5.66. The molecule has 2 fully saturated rings. The van der Waals surface area contributed by atoms with E-state index in [1.807, 2.05) is 32.9 Å². The van der Waals surface area contributed by atoms with E-state index in [4.69, 9.17) is 0 Å². The van der Waals surface area contributed by atoms with Crippen molar-refractivity contribution >= 4 is 21.6 Å². The Hall–Kier alpha value is -1.56. The number of aryl methyl sites for hydroxylation is 3. The topological polar surface area (TPSA) is 66.5 Å². The number of hydrogen-bond donors (Lipinski definition) is 1. The van der Waals surface area contributed by atoms with Crippen molar-refractivity contribution in [1.82, 2.24) is 5.32 Å². The second-order valence-corrected chi connectivity index (χ2v) is 9.77. The summed E-state index contributed by atoms with van der Waals surface area (Å²) in [4.78, 5) is 12.6. The highest BCUT2D eigenvalue weighted by Gasteiger charge is 2.40. The van der Waals surface area contributed by atoms with Crippen LogP contribution in [0.3, 0.4) is 0 Å². The molecule has 2 bridgehead atoms. The van der Waals surface area contributed by atoms with Crippen LogP contribution in [0.4, 0.5) is 5.69 Å². The predicted molar refractivity (Wildman–Crippen MR) is 100 cm³/mol. The van der Waals surface area contributed by atoms with Crippen molar-refractivity contribution in [3.63, 3.8) is 0 Å². The van der Waals surface area contributed by atoms with Gasteiger partial charge in [0.2, 0.25) is 15.9 Å². The number of benzene rings is 1. The van der Waals surface area contributed by atoms with Gasteiger partial charge in [-0.2, -0.15) is 0 Å². The van der Waals surface area contributed by atoms with E-state index in [0.29, 0.717) is 11.6 Å². The largest absolute Gasteiger partial charge is 0.352 e. The minimum absolute atomic E-state index is 0.155. The van der Waals surface area contributed by atoms with Crippen LogP contribution in [0.5, 0.6) is 0 Å². The fourth-order valence-corrected chi connectivity index (χ4v) is 5.70. The number of nitrogens with one attached hydrogen (secondary N) is 1. The van der Waals surface area contributed by atoms with E-state index in [0.717, 1.165) is 35.3 Å². The second kappa shape index (κ2) is 6.63. The zero-order valence-electron chi connectivity index (χ0n) is 15.5. The Balaban J connectivity index is 1.79. The second-order valence-electron chi connectivity index (χ2n) is 7.87. The molecule has 0 aromatic heterocycles. The first kappa shape index (κ1) is 18.2. The molecule has 25 heavy (non-hydrogen) atoms. The van der Waals surface area contributed by atoms with Crippen LogP contribution in [-0.4, -0.2) is 33.2 Å². The highest BCUT2D eigenvalue weighted by molar-refractivity contribution is 7.92. The van der Waals surface area contributed by atoms with Crippen LogP contribution >= 0.6 is 0 Å². The summed E-state index contributed by atoms with van der Waals surface area (Å²) in [7, 11) is -3.54. The fourth-order valence-electron chi connectivity index (χ4n) is 4.73. The Morgan fingerprint density at radius 1 is 1.16 bits per heavy atom. The van der Waals surface area contributed by atoms with Gasteiger partial charge in [0.25, 0.3) is 0 Å². The first-order valence-electron chi connectivity index (χ1n) is 9.00. The molecular formula is C19H28N2O3S. The standard InChI is InChI=1S/C19H28N2O3S/c1-12-7-13(2)19(14(3)8-12)21(25(4,23)24)11-18(22)20-17-10-15-5-6-16(17)9-15/h7-8,15-17H,5-6,9-11H2,1-4H3,(H,20,22).